The Hall–Kier alpha value is -3.07. The zero-order valence-corrected chi connectivity index (χ0v) is 18.0. The Kier molecular flexibility index (Phi) is 5.20. The lowest BCUT2D eigenvalue weighted by molar-refractivity contribution is -0.0878. The molecule has 1 fully saturated rings. The van der Waals surface area contributed by atoms with Crippen molar-refractivity contribution in [1.29, 1.82) is 0 Å². The number of aromatic hydroxyl groups is 1. The molecule has 2 unspecified atom stereocenters. The van der Waals surface area contributed by atoms with Crippen LogP contribution in [-0.2, 0) is 17.8 Å². The van der Waals surface area contributed by atoms with Gasteiger partial charge in [0, 0.05) is 24.4 Å². The fourth-order valence-electron chi connectivity index (χ4n) is 4.61. The molecule has 1 saturated heterocycles. The minimum absolute atomic E-state index is 0.0336. The van der Waals surface area contributed by atoms with Crippen LogP contribution in [0, 0.1) is 23.0 Å². The fraction of sp³-hybridized carbons (Fsp3) is 0.435. The second-order valence-corrected chi connectivity index (χ2v) is 9.18. The molecule has 7 nitrogen and oxygen atoms in total. The molecule has 0 radical (unpaired) electrons. The number of hydrogen-bond acceptors (Lipinski definition) is 5. The zero-order valence-electron chi connectivity index (χ0n) is 18.0. The number of nitrogens with zero attached hydrogens (tertiary/aromatic N) is 1. The highest BCUT2D eigenvalue weighted by molar-refractivity contribution is 6.03. The number of Topliss-reactive ketones (excluding diaryl/α,β-unsaturated/α-hetero) is 1. The van der Waals surface area contributed by atoms with Crippen LogP contribution in [0.3, 0.4) is 0 Å². The number of aromatic nitrogens is 1. The molecule has 1 aromatic carbocycles. The van der Waals surface area contributed by atoms with Gasteiger partial charge in [0.2, 0.25) is 5.43 Å². The van der Waals surface area contributed by atoms with Gasteiger partial charge in [-0.15, -0.1) is 0 Å². The van der Waals surface area contributed by atoms with E-state index in [2.05, 4.69) is 5.32 Å². The SMILES string of the molecule is CC1COC2(C1)Cn1cc(C(=O)NCc3ccc(F)cc3F)c(=O)c(O)c1C(=O)C2(C)C. The molecule has 1 spiro atoms. The first-order valence-electron chi connectivity index (χ1n) is 10.3. The Bertz CT molecular complexity index is 1190. The second kappa shape index (κ2) is 7.51. The molecular weight excluding hydrogens is 422 g/mol. The third kappa shape index (κ3) is 3.31. The number of halogens is 2. The third-order valence-corrected chi connectivity index (χ3v) is 6.63. The fourth-order valence-corrected chi connectivity index (χ4v) is 4.61. The first-order valence-corrected chi connectivity index (χ1v) is 10.3. The summed E-state index contributed by atoms with van der Waals surface area (Å²) in [7, 11) is 0. The van der Waals surface area contributed by atoms with Crippen LogP contribution in [0.4, 0.5) is 8.78 Å². The van der Waals surface area contributed by atoms with Crippen molar-refractivity contribution in [2.24, 2.45) is 11.3 Å². The normalized spacial score (nSPS) is 23.9. The van der Waals surface area contributed by atoms with Crippen LogP contribution in [0.25, 0.3) is 0 Å². The van der Waals surface area contributed by atoms with Crippen LogP contribution in [0.5, 0.6) is 5.75 Å². The van der Waals surface area contributed by atoms with Gasteiger partial charge in [-0.2, -0.15) is 0 Å². The van der Waals surface area contributed by atoms with E-state index >= 15 is 0 Å². The maximum absolute atomic E-state index is 13.8. The molecule has 0 bridgehead atoms. The number of carbonyl (C=O) groups excluding carboxylic acids is 2. The van der Waals surface area contributed by atoms with Crippen molar-refractivity contribution in [2.45, 2.75) is 45.9 Å². The Labute approximate surface area is 183 Å². The average molecular weight is 446 g/mol. The van der Waals surface area contributed by atoms with Gasteiger partial charge < -0.3 is 19.7 Å². The maximum atomic E-state index is 13.8. The highest BCUT2D eigenvalue weighted by atomic mass is 19.1. The number of amides is 1. The molecule has 4 rings (SSSR count). The molecule has 32 heavy (non-hydrogen) atoms. The van der Waals surface area contributed by atoms with Gasteiger partial charge in [-0.3, -0.25) is 14.4 Å². The lowest BCUT2D eigenvalue weighted by Gasteiger charge is -2.47. The number of ketones is 1. The second-order valence-electron chi connectivity index (χ2n) is 9.18. The highest BCUT2D eigenvalue weighted by Gasteiger charge is 2.58. The van der Waals surface area contributed by atoms with E-state index < -0.39 is 45.5 Å². The number of rotatable bonds is 3. The molecule has 2 aromatic rings. The predicted octanol–water partition coefficient (Wildman–Crippen LogP) is 2.78. The van der Waals surface area contributed by atoms with Crippen molar-refractivity contribution in [2.75, 3.05) is 6.61 Å². The van der Waals surface area contributed by atoms with Crippen LogP contribution in [0.1, 0.15) is 53.6 Å². The van der Waals surface area contributed by atoms with Crippen molar-refractivity contribution in [1.82, 2.24) is 9.88 Å². The monoisotopic (exact) mass is 446 g/mol. The average Bonchev–Trinajstić information content (AvgIpc) is 3.10. The van der Waals surface area contributed by atoms with E-state index in [9.17, 15) is 28.3 Å². The number of carbonyl (C=O) groups is 2. The Balaban J connectivity index is 1.69. The molecule has 2 aliphatic rings. The van der Waals surface area contributed by atoms with Gasteiger partial charge in [-0.25, -0.2) is 8.78 Å². The summed E-state index contributed by atoms with van der Waals surface area (Å²) in [5, 5.41) is 12.9. The van der Waals surface area contributed by atoms with Gasteiger partial charge in [0.1, 0.15) is 22.9 Å². The molecule has 2 aliphatic heterocycles. The van der Waals surface area contributed by atoms with Gasteiger partial charge in [0.05, 0.1) is 24.2 Å². The molecule has 1 amide bonds. The van der Waals surface area contributed by atoms with Gasteiger partial charge in [0.25, 0.3) is 5.91 Å². The zero-order chi connectivity index (χ0) is 23.4. The van der Waals surface area contributed by atoms with Gasteiger partial charge in [-0.05, 0) is 32.3 Å². The number of benzene rings is 1. The van der Waals surface area contributed by atoms with E-state index in [4.69, 9.17) is 4.74 Å². The van der Waals surface area contributed by atoms with Gasteiger partial charge >= 0.3 is 0 Å². The van der Waals surface area contributed by atoms with E-state index in [-0.39, 0.29) is 35.8 Å². The van der Waals surface area contributed by atoms with Crippen molar-refractivity contribution in [3.05, 3.63) is 63.1 Å². The van der Waals surface area contributed by atoms with Crippen LogP contribution in [-0.4, -0.2) is 33.6 Å². The van der Waals surface area contributed by atoms with Crippen molar-refractivity contribution in [3.8, 4) is 5.75 Å². The maximum Gasteiger partial charge on any atom is 0.257 e. The molecule has 1 aromatic heterocycles. The number of hydrogen-bond donors (Lipinski definition) is 2. The van der Waals surface area contributed by atoms with E-state index in [1.807, 2.05) is 6.92 Å². The lowest BCUT2D eigenvalue weighted by Crippen LogP contribution is -2.57. The largest absolute Gasteiger partial charge is 0.503 e. The van der Waals surface area contributed by atoms with Crippen LogP contribution >= 0.6 is 0 Å². The molecule has 9 heteroatoms. The Morgan fingerprint density at radius 3 is 2.66 bits per heavy atom. The predicted molar refractivity (Wildman–Crippen MR) is 110 cm³/mol. The van der Waals surface area contributed by atoms with E-state index in [0.29, 0.717) is 19.1 Å². The van der Waals surface area contributed by atoms with Crippen molar-refractivity contribution in [3.63, 3.8) is 0 Å². The molecule has 2 atom stereocenters. The molecule has 0 aliphatic carbocycles. The number of ether oxygens (including phenoxy) is 1. The minimum Gasteiger partial charge on any atom is -0.503 e. The minimum atomic E-state index is -0.992. The van der Waals surface area contributed by atoms with E-state index in [1.165, 1.54) is 16.8 Å². The summed E-state index contributed by atoms with van der Waals surface area (Å²) in [6, 6.07) is 2.93. The summed E-state index contributed by atoms with van der Waals surface area (Å²) in [5.41, 5.74) is -3.31. The first kappa shape index (κ1) is 22.1. The van der Waals surface area contributed by atoms with Crippen LogP contribution in [0.15, 0.2) is 29.2 Å². The topological polar surface area (TPSA) is 97.6 Å². The quantitative estimate of drug-likeness (QED) is 0.756. The summed E-state index contributed by atoms with van der Waals surface area (Å²) in [5.74, 6) is -3.45. The van der Waals surface area contributed by atoms with Gasteiger partial charge in [0.15, 0.2) is 11.5 Å². The smallest absolute Gasteiger partial charge is 0.257 e. The van der Waals surface area contributed by atoms with E-state index in [1.54, 1.807) is 13.8 Å². The first-order chi connectivity index (χ1) is 15.0. The summed E-state index contributed by atoms with van der Waals surface area (Å²) >= 11 is 0. The summed E-state index contributed by atoms with van der Waals surface area (Å²) in [6.07, 6.45) is 1.85. The standard InChI is InChI=1S/C23H24F2N2O5/c1-12-7-23(32-10-12)11-27-9-15(18(28)19(29)17(27)20(30)22(23,2)3)21(31)26-8-13-4-5-14(24)6-16(13)25/h4-6,9,12,29H,7-8,10-11H2,1-3H3,(H,26,31). The van der Waals surface area contributed by atoms with Crippen molar-refractivity contribution < 1.29 is 28.2 Å². The molecular formula is C23H24F2N2O5. The Morgan fingerprint density at radius 1 is 1.31 bits per heavy atom. The van der Waals surface area contributed by atoms with Crippen LogP contribution in [0.2, 0.25) is 0 Å². The summed E-state index contributed by atoms with van der Waals surface area (Å²) in [6.45, 7) is 5.86. The highest BCUT2D eigenvalue weighted by Crippen LogP contribution is 2.50. The molecule has 2 N–H and O–H groups in total. The molecule has 3 heterocycles. The third-order valence-electron chi connectivity index (χ3n) is 6.63. The number of fused-ring (bicyclic) bond motifs is 1. The Morgan fingerprint density at radius 2 is 2.03 bits per heavy atom. The van der Waals surface area contributed by atoms with Crippen LogP contribution < -0.4 is 10.7 Å². The van der Waals surface area contributed by atoms with E-state index in [0.717, 1.165) is 6.07 Å². The van der Waals surface area contributed by atoms with Gasteiger partial charge in [-0.1, -0.05) is 13.0 Å². The summed E-state index contributed by atoms with van der Waals surface area (Å²) < 4.78 is 34.4. The number of pyridine rings is 1. The summed E-state index contributed by atoms with van der Waals surface area (Å²) in [4.78, 5) is 38.6. The molecule has 170 valence electrons. The van der Waals surface area contributed by atoms with Crippen molar-refractivity contribution >= 4 is 11.7 Å². The lowest BCUT2D eigenvalue weighted by atomic mass is 9.66. The number of nitrogens with one attached hydrogen (secondary N) is 1. The molecule has 0 saturated carbocycles.